The summed E-state index contributed by atoms with van der Waals surface area (Å²) in [5.74, 6) is 0.497. The van der Waals surface area contributed by atoms with Gasteiger partial charge in [-0.1, -0.05) is 22.9 Å². The van der Waals surface area contributed by atoms with E-state index in [1.54, 1.807) is 32.0 Å². The molecular weight excluding hydrogens is 302 g/mol. The second-order valence-electron chi connectivity index (χ2n) is 4.27. The average molecular weight is 314 g/mol. The molecule has 1 aromatic heterocycles. The van der Waals surface area contributed by atoms with Crippen molar-refractivity contribution >= 4 is 28.6 Å². The molecule has 0 bridgehead atoms. The molecule has 0 saturated heterocycles. The molecule has 0 saturated carbocycles. The van der Waals surface area contributed by atoms with Crippen molar-refractivity contribution in [3.63, 3.8) is 0 Å². The highest BCUT2D eigenvalue weighted by molar-refractivity contribution is 7.14. The van der Waals surface area contributed by atoms with Crippen molar-refractivity contribution in [1.29, 1.82) is 0 Å². The van der Waals surface area contributed by atoms with E-state index >= 15 is 0 Å². The number of aryl methyl sites for hydroxylation is 1. The molecule has 106 valence electrons. The van der Waals surface area contributed by atoms with E-state index in [-0.39, 0.29) is 10.8 Å². The number of halogens is 1. The molecule has 2 rings (SSSR count). The Bertz CT molecular complexity index is 654. The van der Waals surface area contributed by atoms with Gasteiger partial charge in [0, 0.05) is 16.0 Å². The second-order valence-corrected chi connectivity index (χ2v) is 5.75. The minimum Gasteiger partial charge on any atom is -0.440 e. The van der Waals surface area contributed by atoms with Gasteiger partial charge in [0.15, 0.2) is 0 Å². The molecule has 1 unspecified atom stereocenters. The maximum Gasteiger partial charge on any atom is 0.323 e. The molecule has 2 aromatic rings. The Kier molecular flexibility index (Phi) is 4.27. The van der Waals surface area contributed by atoms with E-state index in [1.165, 1.54) is 6.07 Å². The molecule has 0 amide bonds. The highest BCUT2D eigenvalue weighted by atomic mass is 35.5. The van der Waals surface area contributed by atoms with Crippen LogP contribution in [0.1, 0.15) is 23.5 Å². The predicted molar refractivity (Wildman–Crippen MR) is 77.9 cm³/mol. The quantitative estimate of drug-likeness (QED) is 0.668. The summed E-state index contributed by atoms with van der Waals surface area (Å²) in [7, 11) is 0. The van der Waals surface area contributed by atoms with Crippen LogP contribution in [0.4, 0.5) is 5.69 Å². The summed E-state index contributed by atoms with van der Waals surface area (Å²) in [4.78, 5) is 11.0. The fraction of sp³-hybridized carbons (Fsp3) is 0.231. The number of benzene rings is 1. The first-order chi connectivity index (χ1) is 9.38. The molecule has 1 atom stereocenters. The number of nitro groups is 1. The Morgan fingerprint density at radius 1 is 1.45 bits per heavy atom. The number of hydrogen-bond acceptors (Lipinski definition) is 5. The van der Waals surface area contributed by atoms with Crippen LogP contribution in [0.25, 0.3) is 0 Å². The Hall–Kier alpha value is -1.63. The van der Waals surface area contributed by atoms with Gasteiger partial charge in [0.25, 0.3) is 5.06 Å². The van der Waals surface area contributed by atoms with E-state index in [1.807, 2.05) is 0 Å². The summed E-state index contributed by atoms with van der Waals surface area (Å²) in [6, 6.07) is 6.35. The fourth-order valence-electron chi connectivity index (χ4n) is 1.62. The topological polar surface area (TPSA) is 72.6 Å². The van der Waals surface area contributed by atoms with E-state index in [9.17, 15) is 15.2 Å². The van der Waals surface area contributed by atoms with Crippen LogP contribution >= 0.6 is 22.9 Å². The van der Waals surface area contributed by atoms with Gasteiger partial charge in [0.2, 0.25) is 0 Å². The third kappa shape index (κ3) is 3.09. The zero-order valence-electron chi connectivity index (χ0n) is 10.8. The van der Waals surface area contributed by atoms with E-state index in [0.717, 1.165) is 16.9 Å². The van der Waals surface area contributed by atoms with Crippen molar-refractivity contribution in [2.24, 2.45) is 0 Å². The van der Waals surface area contributed by atoms with Crippen LogP contribution in [-0.4, -0.2) is 10.0 Å². The Morgan fingerprint density at radius 2 is 2.15 bits per heavy atom. The van der Waals surface area contributed by atoms with Gasteiger partial charge in [-0.15, -0.1) is 0 Å². The first-order valence-corrected chi connectivity index (χ1v) is 6.98. The molecular formula is C13H12ClNO4S. The summed E-state index contributed by atoms with van der Waals surface area (Å²) in [6.45, 7) is 3.35. The van der Waals surface area contributed by atoms with Crippen molar-refractivity contribution < 1.29 is 14.8 Å². The van der Waals surface area contributed by atoms with Crippen LogP contribution in [0.15, 0.2) is 24.3 Å². The first-order valence-electron chi connectivity index (χ1n) is 5.78. The summed E-state index contributed by atoms with van der Waals surface area (Å²) < 4.78 is 5.59. The molecule has 1 N–H and O–H groups in total. The number of ether oxygens (including phenoxy) is 1. The van der Waals surface area contributed by atoms with E-state index < -0.39 is 11.0 Å². The average Bonchev–Trinajstić information content (AvgIpc) is 2.77. The van der Waals surface area contributed by atoms with Crippen LogP contribution in [0.3, 0.4) is 0 Å². The maximum absolute atomic E-state index is 11.0. The Balaban J connectivity index is 2.39. The summed E-state index contributed by atoms with van der Waals surface area (Å²) in [5.41, 5.74) is 0.624. The number of nitrogens with zero attached hydrogens (tertiary/aromatic N) is 1. The van der Waals surface area contributed by atoms with Gasteiger partial charge in [-0.2, -0.15) is 0 Å². The lowest BCUT2D eigenvalue weighted by Gasteiger charge is -2.06. The molecule has 20 heavy (non-hydrogen) atoms. The number of aliphatic hydroxyl groups is 1. The third-order valence-electron chi connectivity index (χ3n) is 2.65. The zero-order valence-corrected chi connectivity index (χ0v) is 12.4. The third-order valence-corrected chi connectivity index (χ3v) is 4.05. The van der Waals surface area contributed by atoms with Crippen molar-refractivity contribution in [1.82, 2.24) is 0 Å². The van der Waals surface area contributed by atoms with Crippen LogP contribution in [0, 0.1) is 17.0 Å². The smallest absolute Gasteiger partial charge is 0.323 e. The Labute approximate surface area is 124 Å². The molecule has 0 aliphatic carbocycles. The molecule has 7 heteroatoms. The number of hydrogen-bond donors (Lipinski definition) is 1. The largest absolute Gasteiger partial charge is 0.440 e. The van der Waals surface area contributed by atoms with Crippen molar-refractivity contribution in [2.75, 3.05) is 0 Å². The molecule has 0 aliphatic rings. The second kappa shape index (κ2) is 5.78. The lowest BCUT2D eigenvalue weighted by molar-refractivity contribution is -0.385. The minimum atomic E-state index is -0.776. The van der Waals surface area contributed by atoms with Crippen molar-refractivity contribution in [2.45, 2.75) is 20.0 Å². The summed E-state index contributed by atoms with van der Waals surface area (Å²) >= 11 is 6.91. The van der Waals surface area contributed by atoms with Crippen LogP contribution in [0.5, 0.6) is 10.8 Å². The predicted octanol–water partition coefficient (Wildman–Crippen LogP) is 4.46. The number of thiophene rings is 1. The van der Waals surface area contributed by atoms with Gasteiger partial charge in [-0.3, -0.25) is 10.1 Å². The number of rotatable bonds is 4. The zero-order chi connectivity index (χ0) is 14.9. The van der Waals surface area contributed by atoms with Crippen LogP contribution < -0.4 is 4.74 Å². The lowest BCUT2D eigenvalue weighted by Crippen LogP contribution is -1.90. The molecule has 0 spiro atoms. The van der Waals surface area contributed by atoms with Gasteiger partial charge in [-0.05, 0) is 37.6 Å². The van der Waals surface area contributed by atoms with Crippen LogP contribution in [-0.2, 0) is 0 Å². The van der Waals surface area contributed by atoms with Crippen molar-refractivity contribution in [3.8, 4) is 10.8 Å². The van der Waals surface area contributed by atoms with Crippen LogP contribution in [0.2, 0.25) is 5.02 Å². The van der Waals surface area contributed by atoms with Gasteiger partial charge in [-0.25, -0.2) is 0 Å². The first kappa shape index (κ1) is 14.8. The highest BCUT2D eigenvalue weighted by Crippen LogP contribution is 2.42. The van der Waals surface area contributed by atoms with Gasteiger partial charge < -0.3 is 9.84 Å². The van der Waals surface area contributed by atoms with E-state index in [0.29, 0.717) is 15.6 Å². The SMILES string of the molecule is Cc1cc(Cl)ccc1Oc1sc(C(C)O)cc1[N+](=O)[O-]. The standard InChI is InChI=1S/C13H12ClNO4S/c1-7-5-9(14)3-4-11(7)19-13-10(15(17)18)6-12(20-13)8(2)16/h3-6,8,16H,1-2H3. The lowest BCUT2D eigenvalue weighted by atomic mass is 10.2. The molecule has 1 aromatic carbocycles. The van der Waals surface area contributed by atoms with E-state index in [4.69, 9.17) is 16.3 Å². The molecule has 5 nitrogen and oxygen atoms in total. The van der Waals surface area contributed by atoms with Gasteiger partial charge in [0.1, 0.15) is 5.75 Å². The molecule has 0 radical (unpaired) electrons. The molecule has 0 aliphatic heterocycles. The molecule has 0 fully saturated rings. The normalized spacial score (nSPS) is 12.2. The Morgan fingerprint density at radius 3 is 2.70 bits per heavy atom. The highest BCUT2D eigenvalue weighted by Gasteiger charge is 2.23. The van der Waals surface area contributed by atoms with Gasteiger partial charge in [0.05, 0.1) is 11.0 Å². The monoisotopic (exact) mass is 313 g/mol. The number of aliphatic hydroxyl groups excluding tert-OH is 1. The molecule has 1 heterocycles. The van der Waals surface area contributed by atoms with Crippen molar-refractivity contribution in [3.05, 3.63) is 49.8 Å². The maximum atomic E-state index is 11.0. The fourth-order valence-corrected chi connectivity index (χ4v) is 2.77. The van der Waals surface area contributed by atoms with E-state index in [2.05, 4.69) is 0 Å². The van der Waals surface area contributed by atoms with Gasteiger partial charge >= 0.3 is 5.69 Å². The summed E-state index contributed by atoms with van der Waals surface area (Å²) in [5, 5.41) is 21.3. The minimum absolute atomic E-state index is 0.149. The summed E-state index contributed by atoms with van der Waals surface area (Å²) in [6.07, 6.45) is -0.776.